The van der Waals surface area contributed by atoms with Crippen LogP contribution in [0, 0.1) is 0 Å². The Hall–Kier alpha value is -1.74. The summed E-state index contributed by atoms with van der Waals surface area (Å²) in [4.78, 5) is 0. The molecular weight excluding hydrogens is 302 g/mol. The molecule has 19 heavy (non-hydrogen) atoms. The van der Waals surface area contributed by atoms with Crippen LogP contribution in [0.4, 0.5) is 5.69 Å². The molecule has 0 aromatic heterocycles. The smallest absolute Gasteiger partial charge is 0.133 e. The Balaban J connectivity index is 1.89. The number of ether oxygens (including phenoxy) is 1. The molecule has 2 aromatic carbocycles. The van der Waals surface area contributed by atoms with E-state index < -0.39 is 0 Å². The van der Waals surface area contributed by atoms with E-state index in [1.54, 1.807) is 7.11 Å². The van der Waals surface area contributed by atoms with E-state index in [9.17, 15) is 0 Å². The summed E-state index contributed by atoms with van der Waals surface area (Å²) < 4.78 is 6.15. The molecule has 98 valence electrons. The van der Waals surface area contributed by atoms with Gasteiger partial charge in [0.2, 0.25) is 0 Å². The first kappa shape index (κ1) is 13.7. The summed E-state index contributed by atoms with van der Waals surface area (Å²) in [5.74, 6) is 0.838. The first-order chi connectivity index (χ1) is 9.29. The molecule has 2 aromatic rings. The van der Waals surface area contributed by atoms with Gasteiger partial charge in [0.25, 0.3) is 0 Å². The quantitative estimate of drug-likeness (QED) is 0.871. The fraction of sp³-hybridized carbons (Fsp3) is 0.125. The average Bonchev–Trinajstić information content (AvgIpc) is 2.45. The van der Waals surface area contributed by atoms with Crippen LogP contribution in [0.3, 0.4) is 0 Å². The molecule has 0 aliphatic rings. The van der Waals surface area contributed by atoms with Crippen LogP contribution in [-0.4, -0.2) is 13.7 Å². The Morgan fingerprint density at radius 3 is 2.63 bits per heavy atom. The zero-order chi connectivity index (χ0) is 13.5. The number of nitrogens with one attached hydrogen (secondary N) is 1. The van der Waals surface area contributed by atoms with Crippen molar-refractivity contribution in [2.24, 2.45) is 0 Å². The van der Waals surface area contributed by atoms with Crippen LogP contribution < -0.4 is 10.1 Å². The Labute approximate surface area is 122 Å². The molecule has 0 heterocycles. The zero-order valence-electron chi connectivity index (χ0n) is 10.8. The van der Waals surface area contributed by atoms with Crippen molar-refractivity contribution in [3.05, 3.63) is 64.6 Å². The van der Waals surface area contributed by atoms with Gasteiger partial charge in [-0.3, -0.25) is 0 Å². The minimum absolute atomic E-state index is 0.785. The summed E-state index contributed by atoms with van der Waals surface area (Å²) in [6.07, 6.45) is 4.21. The fourth-order valence-corrected chi connectivity index (χ4v) is 2.25. The topological polar surface area (TPSA) is 21.3 Å². The van der Waals surface area contributed by atoms with Crippen LogP contribution in [0.1, 0.15) is 5.56 Å². The predicted octanol–water partition coefficient (Wildman–Crippen LogP) is 4.58. The highest BCUT2D eigenvalue weighted by Gasteiger charge is 1.99. The lowest BCUT2D eigenvalue weighted by molar-refractivity contribution is 0.412. The van der Waals surface area contributed by atoms with E-state index in [1.807, 2.05) is 36.4 Å². The monoisotopic (exact) mass is 317 g/mol. The van der Waals surface area contributed by atoms with Gasteiger partial charge in [-0.2, -0.15) is 0 Å². The van der Waals surface area contributed by atoms with E-state index in [4.69, 9.17) is 4.74 Å². The molecule has 2 nitrogen and oxygen atoms in total. The number of halogens is 1. The third-order valence-corrected chi connectivity index (χ3v) is 3.31. The molecule has 0 bridgehead atoms. The summed E-state index contributed by atoms with van der Waals surface area (Å²) >= 11 is 3.47. The lowest BCUT2D eigenvalue weighted by Gasteiger charge is -2.07. The molecule has 0 amide bonds. The maximum absolute atomic E-state index is 5.19. The molecule has 1 N–H and O–H groups in total. The molecule has 0 spiro atoms. The Morgan fingerprint density at radius 2 is 1.95 bits per heavy atom. The third-order valence-electron chi connectivity index (χ3n) is 2.69. The fourth-order valence-electron chi connectivity index (χ4n) is 1.71. The van der Waals surface area contributed by atoms with E-state index in [-0.39, 0.29) is 0 Å². The third kappa shape index (κ3) is 4.14. The van der Waals surface area contributed by atoms with Crippen molar-refractivity contribution in [3.63, 3.8) is 0 Å². The van der Waals surface area contributed by atoms with Crippen molar-refractivity contribution in [2.45, 2.75) is 0 Å². The van der Waals surface area contributed by atoms with Gasteiger partial charge in [-0.05, 0) is 39.7 Å². The van der Waals surface area contributed by atoms with Gasteiger partial charge in [0.05, 0.1) is 11.6 Å². The highest BCUT2D eigenvalue weighted by Crippen LogP contribution is 2.27. The van der Waals surface area contributed by atoms with E-state index >= 15 is 0 Å². The average molecular weight is 318 g/mol. The number of hydrogen-bond acceptors (Lipinski definition) is 2. The van der Waals surface area contributed by atoms with E-state index in [1.165, 1.54) is 5.56 Å². The molecular formula is C16H16BrNO. The summed E-state index contributed by atoms with van der Waals surface area (Å²) in [6, 6.07) is 16.2. The Bertz CT molecular complexity index is 552. The minimum atomic E-state index is 0.785. The van der Waals surface area contributed by atoms with Crippen LogP contribution in [0.15, 0.2) is 59.1 Å². The number of benzene rings is 2. The number of methoxy groups -OCH3 is 1. The summed E-state index contributed by atoms with van der Waals surface area (Å²) in [7, 11) is 1.66. The first-order valence-corrected chi connectivity index (χ1v) is 6.88. The van der Waals surface area contributed by atoms with Gasteiger partial charge in [-0.25, -0.2) is 0 Å². The predicted molar refractivity (Wildman–Crippen MR) is 84.7 cm³/mol. The van der Waals surface area contributed by atoms with Crippen LogP contribution in [0.2, 0.25) is 0 Å². The van der Waals surface area contributed by atoms with Gasteiger partial charge < -0.3 is 10.1 Å². The van der Waals surface area contributed by atoms with Crippen LogP contribution in [-0.2, 0) is 0 Å². The second-order valence-corrected chi connectivity index (χ2v) is 4.90. The van der Waals surface area contributed by atoms with E-state index in [0.29, 0.717) is 0 Å². The van der Waals surface area contributed by atoms with E-state index in [0.717, 1.165) is 22.5 Å². The van der Waals surface area contributed by atoms with Crippen molar-refractivity contribution < 1.29 is 4.74 Å². The number of anilines is 1. The summed E-state index contributed by atoms with van der Waals surface area (Å²) in [5.41, 5.74) is 2.27. The van der Waals surface area contributed by atoms with Crippen molar-refractivity contribution >= 4 is 27.7 Å². The maximum Gasteiger partial charge on any atom is 0.133 e. The molecule has 0 atom stereocenters. The van der Waals surface area contributed by atoms with Gasteiger partial charge in [-0.1, -0.05) is 42.5 Å². The lowest BCUT2D eigenvalue weighted by atomic mass is 10.2. The zero-order valence-corrected chi connectivity index (χ0v) is 12.4. The van der Waals surface area contributed by atoms with Crippen molar-refractivity contribution in [2.75, 3.05) is 19.0 Å². The number of rotatable bonds is 5. The van der Waals surface area contributed by atoms with Gasteiger partial charge in [-0.15, -0.1) is 0 Å². The van der Waals surface area contributed by atoms with Gasteiger partial charge in [0.15, 0.2) is 0 Å². The molecule has 0 saturated carbocycles. The minimum Gasteiger partial charge on any atom is -0.496 e. The molecule has 0 aliphatic heterocycles. The molecule has 0 unspecified atom stereocenters. The molecule has 0 saturated heterocycles. The summed E-state index contributed by atoms with van der Waals surface area (Å²) in [5, 5.41) is 3.33. The van der Waals surface area contributed by atoms with Crippen molar-refractivity contribution in [1.29, 1.82) is 0 Å². The Morgan fingerprint density at radius 1 is 1.16 bits per heavy atom. The normalized spacial score (nSPS) is 10.6. The number of hydrogen-bond donors (Lipinski definition) is 1. The van der Waals surface area contributed by atoms with Crippen molar-refractivity contribution in [1.82, 2.24) is 0 Å². The first-order valence-electron chi connectivity index (χ1n) is 6.08. The second-order valence-electron chi connectivity index (χ2n) is 4.04. The molecule has 0 aliphatic carbocycles. The molecule has 2 rings (SSSR count). The van der Waals surface area contributed by atoms with E-state index in [2.05, 4.69) is 45.5 Å². The SMILES string of the molecule is COc1ccc(NCC=Cc2ccccc2)cc1Br. The summed E-state index contributed by atoms with van der Waals surface area (Å²) in [6.45, 7) is 0.785. The Kier molecular flexibility index (Phi) is 5.04. The van der Waals surface area contributed by atoms with Crippen LogP contribution in [0.25, 0.3) is 6.08 Å². The lowest BCUT2D eigenvalue weighted by Crippen LogP contribution is -1.98. The molecule has 0 radical (unpaired) electrons. The maximum atomic E-state index is 5.19. The highest BCUT2D eigenvalue weighted by molar-refractivity contribution is 9.10. The van der Waals surface area contributed by atoms with Crippen LogP contribution >= 0.6 is 15.9 Å². The van der Waals surface area contributed by atoms with Gasteiger partial charge in [0, 0.05) is 12.2 Å². The van der Waals surface area contributed by atoms with Crippen LogP contribution in [0.5, 0.6) is 5.75 Å². The largest absolute Gasteiger partial charge is 0.496 e. The molecule has 3 heteroatoms. The standard InChI is InChI=1S/C16H16BrNO/c1-19-16-10-9-14(12-15(16)17)18-11-5-8-13-6-3-2-4-7-13/h2-10,12,18H,11H2,1H3. The molecule has 0 fully saturated rings. The van der Waals surface area contributed by atoms with Gasteiger partial charge >= 0.3 is 0 Å². The van der Waals surface area contributed by atoms with Gasteiger partial charge in [0.1, 0.15) is 5.75 Å². The highest BCUT2D eigenvalue weighted by atomic mass is 79.9. The van der Waals surface area contributed by atoms with Crippen molar-refractivity contribution in [3.8, 4) is 5.75 Å². The second kappa shape index (κ2) is 7.00.